The number of carboxylic acids is 1. The lowest BCUT2D eigenvalue weighted by Gasteiger charge is -2.42. The van der Waals surface area contributed by atoms with Crippen LogP contribution in [-0.4, -0.2) is 48.2 Å². The summed E-state index contributed by atoms with van der Waals surface area (Å²) in [6.07, 6.45) is 5.99. The van der Waals surface area contributed by atoms with Crippen molar-refractivity contribution in [2.24, 2.45) is 10.8 Å². The van der Waals surface area contributed by atoms with Crippen molar-refractivity contribution < 1.29 is 9.90 Å². The van der Waals surface area contributed by atoms with Gasteiger partial charge in [-0.3, -0.25) is 9.69 Å². The molecule has 0 aromatic carbocycles. The summed E-state index contributed by atoms with van der Waals surface area (Å²) in [5, 5.41) is 12.8. The van der Waals surface area contributed by atoms with Crippen LogP contribution >= 0.6 is 0 Å². The molecule has 2 aliphatic heterocycles. The molecular weight excluding hydrogens is 240 g/mol. The quantitative estimate of drug-likeness (QED) is 0.816. The van der Waals surface area contributed by atoms with Gasteiger partial charge in [-0.1, -0.05) is 6.92 Å². The first-order valence-corrected chi connectivity index (χ1v) is 7.77. The Morgan fingerprint density at radius 2 is 2.00 bits per heavy atom. The molecule has 0 aromatic heterocycles. The van der Waals surface area contributed by atoms with Crippen LogP contribution in [0.15, 0.2) is 0 Å². The molecule has 108 valence electrons. The SMILES string of the molecule is CCC1(C(=O)O)CCC(N2CCC3(CNC3)C2)CC1. The first kappa shape index (κ1) is 13.4. The number of carboxylic acid groups (broad SMARTS) is 1. The summed E-state index contributed by atoms with van der Waals surface area (Å²) in [5.41, 5.74) is 0.137. The van der Waals surface area contributed by atoms with Gasteiger partial charge in [0.2, 0.25) is 0 Å². The molecule has 0 unspecified atom stereocenters. The van der Waals surface area contributed by atoms with E-state index < -0.39 is 11.4 Å². The summed E-state index contributed by atoms with van der Waals surface area (Å²) < 4.78 is 0. The average molecular weight is 266 g/mol. The number of rotatable bonds is 3. The number of nitrogens with zero attached hydrogens (tertiary/aromatic N) is 1. The Kier molecular flexibility index (Phi) is 3.34. The van der Waals surface area contributed by atoms with E-state index in [9.17, 15) is 9.90 Å². The second-order valence-electron chi connectivity index (χ2n) is 6.99. The van der Waals surface area contributed by atoms with Gasteiger partial charge in [0.05, 0.1) is 5.41 Å². The summed E-state index contributed by atoms with van der Waals surface area (Å²) in [6, 6.07) is 0.638. The molecule has 3 fully saturated rings. The molecule has 1 spiro atoms. The van der Waals surface area contributed by atoms with Crippen LogP contribution in [0.4, 0.5) is 0 Å². The zero-order valence-corrected chi connectivity index (χ0v) is 12.0. The third-order valence-electron chi connectivity index (χ3n) is 6.03. The van der Waals surface area contributed by atoms with Crippen molar-refractivity contribution in [1.29, 1.82) is 0 Å². The Labute approximate surface area is 115 Å². The minimum absolute atomic E-state index is 0.425. The first-order chi connectivity index (χ1) is 9.09. The molecule has 0 aromatic rings. The maximum absolute atomic E-state index is 11.5. The predicted molar refractivity (Wildman–Crippen MR) is 74.1 cm³/mol. The second kappa shape index (κ2) is 4.74. The average Bonchev–Trinajstić information content (AvgIpc) is 2.84. The standard InChI is InChI=1S/C15H26N2O2/c1-2-15(13(18)19)5-3-12(4-6-15)17-8-7-14(11-17)9-16-10-14/h12,16H,2-11H2,1H3,(H,18,19). The minimum atomic E-state index is -0.575. The lowest BCUT2D eigenvalue weighted by atomic mass is 9.70. The molecule has 19 heavy (non-hydrogen) atoms. The van der Waals surface area contributed by atoms with E-state index in [1.54, 1.807) is 0 Å². The van der Waals surface area contributed by atoms with Gasteiger partial charge < -0.3 is 10.4 Å². The molecule has 2 saturated heterocycles. The van der Waals surface area contributed by atoms with E-state index in [2.05, 4.69) is 10.2 Å². The van der Waals surface area contributed by atoms with Crippen molar-refractivity contribution in [1.82, 2.24) is 10.2 Å². The Balaban J connectivity index is 1.57. The molecule has 1 aliphatic carbocycles. The molecule has 4 heteroatoms. The van der Waals surface area contributed by atoms with Gasteiger partial charge in [-0.2, -0.15) is 0 Å². The van der Waals surface area contributed by atoms with Crippen molar-refractivity contribution in [3.05, 3.63) is 0 Å². The van der Waals surface area contributed by atoms with Gasteiger partial charge in [-0.05, 0) is 45.1 Å². The molecule has 1 saturated carbocycles. The Morgan fingerprint density at radius 1 is 1.32 bits per heavy atom. The van der Waals surface area contributed by atoms with E-state index in [1.807, 2.05) is 6.92 Å². The van der Waals surface area contributed by atoms with Crippen molar-refractivity contribution in [3.63, 3.8) is 0 Å². The Morgan fingerprint density at radius 3 is 2.42 bits per heavy atom. The van der Waals surface area contributed by atoms with E-state index in [4.69, 9.17) is 0 Å². The molecule has 2 N–H and O–H groups in total. The maximum atomic E-state index is 11.5. The van der Waals surface area contributed by atoms with Crippen LogP contribution in [0.25, 0.3) is 0 Å². The van der Waals surface area contributed by atoms with Gasteiger partial charge >= 0.3 is 5.97 Å². The summed E-state index contributed by atoms with van der Waals surface area (Å²) in [7, 11) is 0. The molecule has 0 bridgehead atoms. The molecule has 0 amide bonds. The van der Waals surface area contributed by atoms with Gasteiger partial charge in [0.1, 0.15) is 0 Å². The van der Waals surface area contributed by atoms with Crippen LogP contribution in [-0.2, 0) is 4.79 Å². The highest BCUT2D eigenvalue weighted by molar-refractivity contribution is 5.74. The van der Waals surface area contributed by atoms with Crippen molar-refractivity contribution in [3.8, 4) is 0 Å². The van der Waals surface area contributed by atoms with Gasteiger partial charge in [-0.15, -0.1) is 0 Å². The monoisotopic (exact) mass is 266 g/mol. The number of hydrogen-bond donors (Lipinski definition) is 2. The third-order valence-corrected chi connectivity index (χ3v) is 6.03. The highest BCUT2D eigenvalue weighted by atomic mass is 16.4. The van der Waals surface area contributed by atoms with Crippen LogP contribution in [0.5, 0.6) is 0 Å². The normalized spacial score (nSPS) is 38.3. The number of aliphatic carboxylic acids is 1. The van der Waals surface area contributed by atoms with Gasteiger partial charge in [0, 0.05) is 31.1 Å². The van der Waals surface area contributed by atoms with Crippen LogP contribution in [0.1, 0.15) is 45.4 Å². The zero-order valence-electron chi connectivity index (χ0n) is 12.0. The third kappa shape index (κ3) is 2.19. The van der Waals surface area contributed by atoms with Crippen molar-refractivity contribution >= 4 is 5.97 Å². The fourth-order valence-electron chi connectivity index (χ4n) is 4.29. The van der Waals surface area contributed by atoms with E-state index in [0.717, 1.165) is 32.1 Å². The summed E-state index contributed by atoms with van der Waals surface area (Å²) in [4.78, 5) is 14.1. The molecule has 4 nitrogen and oxygen atoms in total. The largest absolute Gasteiger partial charge is 0.481 e. The molecule has 0 radical (unpaired) electrons. The van der Waals surface area contributed by atoms with Crippen LogP contribution in [0.3, 0.4) is 0 Å². The molecule has 2 heterocycles. The number of likely N-dealkylation sites (tertiary alicyclic amines) is 1. The molecule has 0 atom stereocenters. The Hall–Kier alpha value is -0.610. The lowest BCUT2D eigenvalue weighted by Crippen LogP contribution is -2.55. The van der Waals surface area contributed by atoms with Crippen LogP contribution < -0.4 is 5.32 Å². The molecule has 3 rings (SSSR count). The van der Waals surface area contributed by atoms with Crippen LogP contribution in [0, 0.1) is 10.8 Å². The zero-order chi connectivity index (χ0) is 13.5. The molecule has 3 aliphatic rings. The minimum Gasteiger partial charge on any atom is -0.481 e. The highest BCUT2D eigenvalue weighted by Gasteiger charge is 2.47. The van der Waals surface area contributed by atoms with E-state index in [-0.39, 0.29) is 0 Å². The van der Waals surface area contributed by atoms with Gasteiger partial charge in [-0.25, -0.2) is 0 Å². The topological polar surface area (TPSA) is 52.6 Å². The van der Waals surface area contributed by atoms with Crippen molar-refractivity contribution in [2.45, 2.75) is 51.5 Å². The molecular formula is C15H26N2O2. The van der Waals surface area contributed by atoms with E-state index >= 15 is 0 Å². The van der Waals surface area contributed by atoms with E-state index in [1.165, 1.54) is 32.6 Å². The summed E-state index contributed by atoms with van der Waals surface area (Å²) in [5.74, 6) is -0.575. The van der Waals surface area contributed by atoms with Gasteiger partial charge in [0.15, 0.2) is 0 Å². The number of hydrogen-bond acceptors (Lipinski definition) is 3. The van der Waals surface area contributed by atoms with Crippen LogP contribution in [0.2, 0.25) is 0 Å². The highest BCUT2D eigenvalue weighted by Crippen LogP contribution is 2.43. The smallest absolute Gasteiger partial charge is 0.309 e. The summed E-state index contributed by atoms with van der Waals surface area (Å²) in [6.45, 7) is 6.85. The van der Waals surface area contributed by atoms with E-state index in [0.29, 0.717) is 11.5 Å². The van der Waals surface area contributed by atoms with Gasteiger partial charge in [0.25, 0.3) is 0 Å². The maximum Gasteiger partial charge on any atom is 0.309 e. The number of carbonyl (C=O) groups is 1. The van der Waals surface area contributed by atoms with Crippen molar-refractivity contribution in [2.75, 3.05) is 26.2 Å². The fraction of sp³-hybridized carbons (Fsp3) is 0.933. The second-order valence-corrected chi connectivity index (χ2v) is 6.99. The Bertz CT molecular complexity index is 357. The predicted octanol–water partition coefficient (Wildman–Crippen LogP) is 1.71. The summed E-state index contributed by atoms with van der Waals surface area (Å²) >= 11 is 0. The first-order valence-electron chi connectivity index (χ1n) is 7.77. The lowest BCUT2D eigenvalue weighted by molar-refractivity contribution is -0.152. The number of nitrogens with one attached hydrogen (secondary N) is 1. The fourth-order valence-corrected chi connectivity index (χ4v) is 4.29.